The average Bonchev–Trinajstić information content (AvgIpc) is 1.83. The van der Waals surface area contributed by atoms with Crippen LogP contribution in [0.5, 0.6) is 17.2 Å². The Balaban J connectivity index is 0.000000185. The molecule has 0 amide bonds. The van der Waals surface area contributed by atoms with E-state index in [0.29, 0.717) is 42.5 Å². The Morgan fingerprint density at radius 3 is 1.02 bits per heavy atom. The van der Waals surface area contributed by atoms with Crippen molar-refractivity contribution in [2.75, 3.05) is 21.3 Å². The van der Waals surface area contributed by atoms with Crippen molar-refractivity contribution in [3.8, 4) is 17.2 Å². The van der Waals surface area contributed by atoms with Crippen molar-refractivity contribution in [2.45, 2.75) is 56.7 Å². The minimum absolute atomic E-state index is 0.000639. The zero-order valence-corrected chi connectivity index (χ0v) is 45.3. The summed E-state index contributed by atoms with van der Waals surface area (Å²) in [5, 5.41) is -1.66. The van der Waals surface area contributed by atoms with Gasteiger partial charge in [-0.1, -0.05) is 91.0 Å². The highest BCUT2D eigenvalue weighted by Crippen LogP contribution is 2.47. The SMILES string of the molecule is COc1cc2c(C(=O)C(F)(F)F)c(C(F)(F)F)n(Cc3ccccc3)c2cc1Br.COc1cc2c(C(=O)C(F)(F)F)c(C(F)(F)F)n(Cc3ccccc3)c2cc1F.COc1ccc2c(c1)c(C(=O)C(F)(F)F)c(C(F)(F)F)n2Cc1ccccc1. The summed E-state index contributed by atoms with van der Waals surface area (Å²) < 4.78 is 273. The first-order chi connectivity index (χ1) is 39.9. The van der Waals surface area contributed by atoms with Gasteiger partial charge in [0.05, 0.1) is 53.5 Å². The Kier molecular flexibility index (Phi) is 18.5. The molecule has 9 aromatic rings. The first kappa shape index (κ1) is 65.1. The predicted octanol–water partition coefficient (Wildman–Crippen LogP) is 17.3. The molecule has 0 bridgehead atoms. The molecule has 456 valence electrons. The number of Topliss-reactive ketones (excluding diaryl/α,β-unsaturated/α-hetero) is 3. The summed E-state index contributed by atoms with van der Waals surface area (Å²) in [6, 6.07) is 30.5. The second-order valence-electron chi connectivity index (χ2n) is 18.3. The lowest BCUT2D eigenvalue weighted by atomic mass is 10.1. The molecule has 0 fully saturated rings. The van der Waals surface area contributed by atoms with Crippen LogP contribution in [0.2, 0.25) is 0 Å². The van der Waals surface area contributed by atoms with Gasteiger partial charge in [-0.05, 0) is 69.0 Å². The van der Waals surface area contributed by atoms with E-state index in [-0.39, 0.29) is 40.1 Å². The van der Waals surface area contributed by atoms with Gasteiger partial charge in [-0.25, -0.2) is 4.39 Å². The summed E-state index contributed by atoms with van der Waals surface area (Å²) in [6.45, 7) is -1.26. The summed E-state index contributed by atoms with van der Waals surface area (Å²) in [4.78, 5) is 35.9. The molecule has 0 aliphatic heterocycles. The highest BCUT2D eigenvalue weighted by Gasteiger charge is 2.52. The molecule has 9 rings (SSSR count). The minimum atomic E-state index is -5.56. The maximum atomic E-state index is 14.2. The van der Waals surface area contributed by atoms with Crippen LogP contribution in [-0.4, -0.2) is 70.9 Å². The molecule has 3 heterocycles. The Bertz CT molecular complexity index is 3800. The van der Waals surface area contributed by atoms with Crippen molar-refractivity contribution < 1.29 is 112 Å². The normalized spacial score (nSPS) is 12.4. The van der Waals surface area contributed by atoms with Crippen molar-refractivity contribution >= 4 is 66.0 Å². The van der Waals surface area contributed by atoms with Crippen LogP contribution in [0.1, 0.15) is 64.8 Å². The largest absolute Gasteiger partial charge is 0.497 e. The van der Waals surface area contributed by atoms with Crippen LogP contribution in [0.4, 0.5) is 83.4 Å². The van der Waals surface area contributed by atoms with Crippen molar-refractivity contribution in [1.82, 2.24) is 13.7 Å². The van der Waals surface area contributed by atoms with Gasteiger partial charge in [0.15, 0.2) is 11.6 Å². The standard InChI is InChI=1S/C19H12BrF6NO2.C19H12F7NO2.C19H13F6NO2/c2*1-29-14-7-11-13(8-12(14)20)27(9-10-5-3-2-4-6-10)16(18(21,22)23)15(11)17(28)19(24,25)26;1-28-12-7-8-14-13(9-12)15(17(27)19(23,24)25)16(18(20,21)22)26(14)10-11-5-3-2-4-6-11/h2*2-8H,9H2,1H3;2-9H,10H2,1H3. The van der Waals surface area contributed by atoms with E-state index in [1.54, 1.807) is 54.6 Å². The van der Waals surface area contributed by atoms with Gasteiger partial charge in [0.2, 0.25) is 0 Å². The predicted molar refractivity (Wildman–Crippen MR) is 276 cm³/mol. The molecular formula is C57H37BrF19N3O6. The van der Waals surface area contributed by atoms with E-state index < -0.39 is 128 Å². The number of halogens is 20. The summed E-state index contributed by atoms with van der Waals surface area (Å²) in [6.07, 6.45) is -32.2. The van der Waals surface area contributed by atoms with Crippen molar-refractivity contribution in [3.05, 3.63) is 194 Å². The third kappa shape index (κ3) is 13.8. The molecule has 6 aromatic carbocycles. The third-order valence-corrected chi connectivity index (χ3v) is 13.4. The van der Waals surface area contributed by atoms with Crippen LogP contribution in [0.3, 0.4) is 0 Å². The molecule has 0 unspecified atom stereocenters. The number of ketones is 3. The molecule has 0 N–H and O–H groups in total. The molecule has 0 radical (unpaired) electrons. The number of hydrogen-bond acceptors (Lipinski definition) is 6. The lowest BCUT2D eigenvalue weighted by Gasteiger charge is -2.15. The second kappa shape index (κ2) is 24.5. The fourth-order valence-electron chi connectivity index (χ4n) is 9.26. The summed E-state index contributed by atoms with van der Waals surface area (Å²) in [5.74, 6) is -9.41. The lowest BCUT2D eigenvalue weighted by Crippen LogP contribution is -2.26. The van der Waals surface area contributed by atoms with E-state index in [9.17, 15) is 97.8 Å². The van der Waals surface area contributed by atoms with E-state index in [1.807, 2.05) is 0 Å². The number of carbonyl (C=O) groups is 3. The van der Waals surface area contributed by atoms with Gasteiger partial charge in [0.25, 0.3) is 17.3 Å². The molecule has 0 atom stereocenters. The minimum Gasteiger partial charge on any atom is -0.497 e. The zero-order chi connectivity index (χ0) is 63.8. The Morgan fingerprint density at radius 2 is 0.709 bits per heavy atom. The number of nitrogens with zero attached hydrogens (tertiary/aromatic N) is 3. The van der Waals surface area contributed by atoms with Crippen molar-refractivity contribution in [2.24, 2.45) is 0 Å². The molecule has 3 aromatic heterocycles. The number of benzene rings is 6. The number of aromatic nitrogens is 3. The van der Waals surface area contributed by atoms with Crippen LogP contribution in [0.25, 0.3) is 32.7 Å². The van der Waals surface area contributed by atoms with Crippen molar-refractivity contribution in [1.29, 1.82) is 0 Å². The number of methoxy groups -OCH3 is 3. The van der Waals surface area contributed by atoms with Gasteiger partial charge in [-0.2, -0.15) is 79.0 Å². The van der Waals surface area contributed by atoms with Crippen LogP contribution < -0.4 is 14.2 Å². The van der Waals surface area contributed by atoms with Crippen LogP contribution >= 0.6 is 15.9 Å². The Labute approximate surface area is 479 Å². The molecule has 9 nitrogen and oxygen atoms in total. The summed E-state index contributed by atoms with van der Waals surface area (Å²) in [5.41, 5.74) is -9.21. The van der Waals surface area contributed by atoms with Crippen LogP contribution in [0.15, 0.2) is 138 Å². The third-order valence-electron chi connectivity index (χ3n) is 12.8. The molecule has 0 saturated carbocycles. The number of carbonyl (C=O) groups excluding carboxylic acids is 3. The van der Waals surface area contributed by atoms with Gasteiger partial charge >= 0.3 is 37.1 Å². The number of fused-ring (bicyclic) bond motifs is 3. The van der Waals surface area contributed by atoms with Gasteiger partial charge in [-0.15, -0.1) is 0 Å². The highest BCUT2D eigenvalue weighted by atomic mass is 79.9. The fourth-order valence-corrected chi connectivity index (χ4v) is 9.76. The van der Waals surface area contributed by atoms with Gasteiger partial charge < -0.3 is 27.9 Å². The molecule has 0 saturated heterocycles. The molecule has 0 aliphatic rings. The topological polar surface area (TPSA) is 93.7 Å². The maximum Gasteiger partial charge on any atom is 0.454 e. The van der Waals surface area contributed by atoms with E-state index >= 15 is 0 Å². The van der Waals surface area contributed by atoms with Crippen molar-refractivity contribution in [3.63, 3.8) is 0 Å². The van der Waals surface area contributed by atoms with E-state index in [4.69, 9.17) is 9.47 Å². The lowest BCUT2D eigenvalue weighted by molar-refractivity contribution is -0.144. The summed E-state index contributed by atoms with van der Waals surface area (Å²) in [7, 11) is 3.43. The molecule has 0 spiro atoms. The molecule has 0 aliphatic carbocycles. The Hall–Kier alpha value is -8.50. The summed E-state index contributed by atoms with van der Waals surface area (Å²) >= 11 is 3.13. The fraction of sp³-hybridized carbons (Fsp3) is 0.211. The van der Waals surface area contributed by atoms with Crippen LogP contribution in [0, 0.1) is 5.82 Å². The number of ether oxygens (including phenoxy) is 3. The molecule has 86 heavy (non-hydrogen) atoms. The smallest absolute Gasteiger partial charge is 0.454 e. The first-order valence-electron chi connectivity index (χ1n) is 24.1. The number of alkyl halides is 18. The molecular weight excluding hydrogens is 1260 g/mol. The maximum absolute atomic E-state index is 14.2. The Morgan fingerprint density at radius 1 is 0.395 bits per heavy atom. The van der Waals surface area contributed by atoms with Gasteiger partial charge in [0.1, 0.15) is 28.6 Å². The van der Waals surface area contributed by atoms with Gasteiger partial charge in [-0.3, -0.25) is 14.4 Å². The van der Waals surface area contributed by atoms with E-state index in [0.717, 1.165) is 19.2 Å². The quantitative estimate of drug-likeness (QED) is 0.0894. The highest BCUT2D eigenvalue weighted by molar-refractivity contribution is 9.10. The first-order valence-corrected chi connectivity index (χ1v) is 24.9. The van der Waals surface area contributed by atoms with Crippen LogP contribution in [-0.2, 0) is 38.2 Å². The van der Waals surface area contributed by atoms with E-state index in [2.05, 4.69) is 20.7 Å². The second-order valence-corrected chi connectivity index (χ2v) is 19.1. The monoisotopic (exact) mass is 1300 g/mol. The van der Waals surface area contributed by atoms with Gasteiger partial charge in [0, 0.05) is 47.4 Å². The average molecular weight is 1300 g/mol. The molecule has 29 heteroatoms. The number of hydrogen-bond donors (Lipinski definition) is 0. The van der Waals surface area contributed by atoms with E-state index in [1.165, 1.54) is 68.8 Å². The number of rotatable bonds is 12. The zero-order valence-electron chi connectivity index (χ0n) is 43.7.